The zero-order valence-corrected chi connectivity index (χ0v) is 18.9. The molecule has 0 aliphatic carbocycles. The lowest BCUT2D eigenvalue weighted by atomic mass is 9.96. The van der Waals surface area contributed by atoms with E-state index in [-0.39, 0.29) is 17.7 Å². The Bertz CT molecular complexity index is 747. The van der Waals surface area contributed by atoms with Crippen molar-refractivity contribution in [2.45, 2.75) is 52.0 Å². The summed E-state index contributed by atoms with van der Waals surface area (Å²) in [6, 6.07) is 1.88. The molecule has 2 amide bonds. The minimum Gasteiger partial charge on any atom is -0.373 e. The third-order valence-corrected chi connectivity index (χ3v) is 6.36. The van der Waals surface area contributed by atoms with Gasteiger partial charge in [-0.1, -0.05) is 6.92 Å². The molecule has 30 heavy (non-hydrogen) atoms. The number of nitrogens with one attached hydrogen (secondary N) is 1. The molecule has 2 fully saturated rings. The van der Waals surface area contributed by atoms with Crippen molar-refractivity contribution in [3.63, 3.8) is 0 Å². The number of hydrogen-bond acceptors (Lipinski definition) is 6. The zero-order valence-electron chi connectivity index (χ0n) is 18.9. The molecule has 3 rings (SSSR count). The van der Waals surface area contributed by atoms with E-state index in [9.17, 15) is 9.59 Å². The van der Waals surface area contributed by atoms with Crippen LogP contribution in [-0.2, 0) is 16.1 Å². The quantitative estimate of drug-likeness (QED) is 0.763. The lowest BCUT2D eigenvalue weighted by molar-refractivity contribution is -0.134. The smallest absolute Gasteiger partial charge is 0.236 e. The first-order chi connectivity index (χ1) is 14.4. The summed E-state index contributed by atoms with van der Waals surface area (Å²) >= 11 is 0. The SMILES string of the molecule is CNc1cc(CN(C)C(C)=O)nc([C@@H]2CCCN(C(=O)CN3CCC(C)CC3)C2)n1. The van der Waals surface area contributed by atoms with Crippen molar-refractivity contribution < 1.29 is 9.59 Å². The molecule has 0 unspecified atom stereocenters. The number of carbonyl (C=O) groups is 2. The van der Waals surface area contributed by atoms with Crippen molar-refractivity contribution in [1.82, 2.24) is 24.7 Å². The van der Waals surface area contributed by atoms with Crippen molar-refractivity contribution in [2.24, 2.45) is 5.92 Å². The number of hydrogen-bond donors (Lipinski definition) is 1. The maximum Gasteiger partial charge on any atom is 0.236 e. The summed E-state index contributed by atoms with van der Waals surface area (Å²) in [5, 5.41) is 3.10. The molecular formula is C22H36N6O2. The second kappa shape index (κ2) is 10.2. The molecule has 1 aromatic rings. The number of aromatic nitrogens is 2. The van der Waals surface area contributed by atoms with Gasteiger partial charge in [0.25, 0.3) is 0 Å². The van der Waals surface area contributed by atoms with Gasteiger partial charge in [0.15, 0.2) is 0 Å². The number of carbonyl (C=O) groups excluding carboxylic acids is 2. The zero-order chi connectivity index (χ0) is 21.7. The van der Waals surface area contributed by atoms with Gasteiger partial charge in [-0.15, -0.1) is 0 Å². The standard InChI is InChI=1S/C22H36N6O2/c1-16-7-10-27(11-8-16)15-21(30)28-9-5-6-18(13-28)22-24-19(12-20(23-3)25-22)14-26(4)17(2)29/h12,16,18H,5-11,13-15H2,1-4H3,(H,23,24,25)/t18-/m1/s1. The van der Waals surface area contributed by atoms with Gasteiger partial charge < -0.3 is 15.1 Å². The van der Waals surface area contributed by atoms with Crippen LogP contribution in [0.4, 0.5) is 5.82 Å². The number of nitrogens with zero attached hydrogens (tertiary/aromatic N) is 5. The Morgan fingerprint density at radius 1 is 1.20 bits per heavy atom. The lowest BCUT2D eigenvalue weighted by Gasteiger charge is -2.35. The van der Waals surface area contributed by atoms with E-state index in [0.717, 1.165) is 55.7 Å². The third-order valence-electron chi connectivity index (χ3n) is 6.36. The predicted molar refractivity (Wildman–Crippen MR) is 117 cm³/mol. The molecule has 166 valence electrons. The molecule has 2 aliphatic heterocycles. The van der Waals surface area contributed by atoms with Gasteiger partial charge in [-0.25, -0.2) is 9.97 Å². The summed E-state index contributed by atoms with van der Waals surface area (Å²) in [7, 11) is 3.60. The van der Waals surface area contributed by atoms with E-state index in [1.54, 1.807) is 18.9 Å². The molecule has 8 nitrogen and oxygen atoms in total. The van der Waals surface area contributed by atoms with E-state index >= 15 is 0 Å². The Balaban J connectivity index is 1.66. The average Bonchev–Trinajstić information content (AvgIpc) is 2.75. The molecule has 0 saturated carbocycles. The molecule has 1 atom stereocenters. The monoisotopic (exact) mass is 416 g/mol. The highest BCUT2D eigenvalue weighted by Crippen LogP contribution is 2.26. The molecule has 8 heteroatoms. The van der Waals surface area contributed by atoms with Crippen LogP contribution in [0.3, 0.4) is 0 Å². The summed E-state index contributed by atoms with van der Waals surface area (Å²) in [5.41, 5.74) is 0.813. The van der Waals surface area contributed by atoms with Crippen LogP contribution < -0.4 is 5.32 Å². The highest BCUT2D eigenvalue weighted by molar-refractivity contribution is 5.78. The topological polar surface area (TPSA) is 81.7 Å². The molecule has 1 aromatic heterocycles. The van der Waals surface area contributed by atoms with Gasteiger partial charge in [-0.3, -0.25) is 14.5 Å². The summed E-state index contributed by atoms with van der Waals surface area (Å²) in [6.07, 6.45) is 4.29. The number of likely N-dealkylation sites (tertiary alicyclic amines) is 2. The van der Waals surface area contributed by atoms with E-state index in [2.05, 4.69) is 22.1 Å². The number of amides is 2. The Morgan fingerprint density at radius 3 is 2.60 bits per heavy atom. The second-order valence-electron chi connectivity index (χ2n) is 8.87. The Hall–Kier alpha value is -2.22. The highest BCUT2D eigenvalue weighted by Gasteiger charge is 2.28. The van der Waals surface area contributed by atoms with Crippen LogP contribution in [-0.4, -0.2) is 83.3 Å². The summed E-state index contributed by atoms with van der Waals surface area (Å²) in [5.74, 6) is 2.62. The number of rotatable bonds is 6. The first kappa shape index (κ1) is 22.5. The molecule has 1 N–H and O–H groups in total. The third kappa shape index (κ3) is 5.90. The lowest BCUT2D eigenvalue weighted by Crippen LogP contribution is -2.46. The average molecular weight is 417 g/mol. The number of piperidine rings is 2. The fourth-order valence-corrected chi connectivity index (χ4v) is 4.19. The molecular weight excluding hydrogens is 380 g/mol. The van der Waals surface area contributed by atoms with E-state index in [0.29, 0.717) is 19.6 Å². The highest BCUT2D eigenvalue weighted by atomic mass is 16.2. The molecule has 0 radical (unpaired) electrons. The minimum atomic E-state index is 0.00251. The van der Waals surface area contributed by atoms with Gasteiger partial charge in [0.05, 0.1) is 18.8 Å². The maximum atomic E-state index is 12.9. The molecule has 0 spiro atoms. The Kier molecular flexibility index (Phi) is 7.64. The van der Waals surface area contributed by atoms with Crippen LogP contribution in [0.1, 0.15) is 57.0 Å². The minimum absolute atomic E-state index is 0.00251. The van der Waals surface area contributed by atoms with Crippen molar-refractivity contribution in [3.05, 3.63) is 17.6 Å². The van der Waals surface area contributed by atoms with Crippen LogP contribution in [0.2, 0.25) is 0 Å². The maximum absolute atomic E-state index is 12.9. The Morgan fingerprint density at radius 2 is 1.93 bits per heavy atom. The van der Waals surface area contributed by atoms with Crippen molar-refractivity contribution >= 4 is 17.6 Å². The summed E-state index contributed by atoms with van der Waals surface area (Å²) in [6.45, 7) is 8.32. The largest absolute Gasteiger partial charge is 0.373 e. The van der Waals surface area contributed by atoms with Crippen LogP contribution in [0.5, 0.6) is 0 Å². The molecule has 3 heterocycles. The Labute approximate surface area is 180 Å². The van der Waals surface area contributed by atoms with Crippen molar-refractivity contribution in [3.8, 4) is 0 Å². The van der Waals surface area contributed by atoms with Gasteiger partial charge >= 0.3 is 0 Å². The molecule has 0 aromatic carbocycles. The molecule has 2 aliphatic rings. The van der Waals surface area contributed by atoms with Gasteiger partial charge in [-0.2, -0.15) is 0 Å². The summed E-state index contributed by atoms with van der Waals surface area (Å²) < 4.78 is 0. The first-order valence-corrected chi connectivity index (χ1v) is 11.1. The van der Waals surface area contributed by atoms with E-state index in [4.69, 9.17) is 4.98 Å². The fourth-order valence-electron chi connectivity index (χ4n) is 4.19. The summed E-state index contributed by atoms with van der Waals surface area (Å²) in [4.78, 5) is 39.9. The first-order valence-electron chi connectivity index (χ1n) is 11.1. The molecule has 0 bridgehead atoms. The van der Waals surface area contributed by atoms with E-state index in [1.165, 1.54) is 12.8 Å². The van der Waals surface area contributed by atoms with Crippen molar-refractivity contribution in [2.75, 3.05) is 52.1 Å². The van der Waals surface area contributed by atoms with Crippen LogP contribution in [0, 0.1) is 5.92 Å². The van der Waals surface area contributed by atoms with Gasteiger partial charge in [-0.05, 0) is 44.7 Å². The second-order valence-corrected chi connectivity index (χ2v) is 8.87. The molecule has 2 saturated heterocycles. The van der Waals surface area contributed by atoms with Crippen LogP contribution in [0.25, 0.3) is 0 Å². The number of anilines is 1. The van der Waals surface area contributed by atoms with Crippen LogP contribution >= 0.6 is 0 Å². The fraction of sp³-hybridized carbons (Fsp3) is 0.727. The predicted octanol–water partition coefficient (Wildman–Crippen LogP) is 1.93. The van der Waals surface area contributed by atoms with Gasteiger partial charge in [0.2, 0.25) is 11.8 Å². The van der Waals surface area contributed by atoms with Gasteiger partial charge in [0, 0.05) is 46.1 Å². The normalized spacial score (nSPS) is 20.8. The van der Waals surface area contributed by atoms with E-state index < -0.39 is 0 Å². The van der Waals surface area contributed by atoms with Crippen LogP contribution in [0.15, 0.2) is 6.07 Å². The van der Waals surface area contributed by atoms with E-state index in [1.807, 2.05) is 18.0 Å². The van der Waals surface area contributed by atoms with Crippen molar-refractivity contribution in [1.29, 1.82) is 0 Å². The van der Waals surface area contributed by atoms with Gasteiger partial charge in [0.1, 0.15) is 11.6 Å².